The number of carbonyl (C=O) groups excluding carboxylic acids is 3. The van der Waals surface area contributed by atoms with Crippen molar-refractivity contribution < 1.29 is 14.4 Å². The van der Waals surface area contributed by atoms with Crippen molar-refractivity contribution in [2.24, 2.45) is 11.8 Å². The quantitative estimate of drug-likeness (QED) is 0.680. The molecule has 2 aromatic carbocycles. The number of para-hydroxylation sites is 1. The van der Waals surface area contributed by atoms with Gasteiger partial charge in [0.15, 0.2) is 0 Å². The largest absolute Gasteiger partial charge is 0.310 e. The summed E-state index contributed by atoms with van der Waals surface area (Å²) in [7, 11) is 0. The Bertz CT molecular complexity index is 1150. The smallest absolute Gasteiger partial charge is 0.253 e. The number of amides is 3. The molecular weight excluding hydrogens is 414 g/mol. The molecule has 158 valence electrons. The maximum Gasteiger partial charge on any atom is 0.253 e. The van der Waals surface area contributed by atoms with E-state index in [-0.39, 0.29) is 23.8 Å². The molecule has 1 spiro atoms. The lowest BCUT2D eigenvalue weighted by atomic mass is 9.75. The first kappa shape index (κ1) is 19.0. The first-order valence-corrected chi connectivity index (χ1v) is 11.2. The summed E-state index contributed by atoms with van der Waals surface area (Å²) in [5.74, 6) is -1.85. The van der Waals surface area contributed by atoms with Crippen LogP contribution in [0.4, 0.5) is 11.4 Å². The molecule has 6 nitrogen and oxygen atoms in total. The molecule has 6 rings (SSSR count). The Morgan fingerprint density at radius 1 is 1.06 bits per heavy atom. The number of nitrogens with zero attached hydrogens (tertiary/aromatic N) is 3. The lowest BCUT2D eigenvalue weighted by Crippen LogP contribution is -2.56. The van der Waals surface area contributed by atoms with Crippen LogP contribution in [-0.4, -0.2) is 41.8 Å². The second-order valence-corrected chi connectivity index (χ2v) is 9.17. The second-order valence-electron chi connectivity index (χ2n) is 8.73. The van der Waals surface area contributed by atoms with E-state index in [1.165, 1.54) is 4.90 Å². The number of halogens is 1. The van der Waals surface area contributed by atoms with Gasteiger partial charge < -0.3 is 4.90 Å². The fourth-order valence-corrected chi connectivity index (χ4v) is 6.71. The van der Waals surface area contributed by atoms with Crippen molar-refractivity contribution >= 4 is 40.7 Å². The van der Waals surface area contributed by atoms with Gasteiger partial charge in [0.1, 0.15) is 5.54 Å². The van der Waals surface area contributed by atoms with Crippen molar-refractivity contribution in [3.63, 3.8) is 0 Å². The standard InChI is InChI=1S/C24H22ClN3O3/c1-2-26-17-10-4-3-9-16(17)24(23(26)31)20-19(18-11-6-12-27(18)24)21(29)28(22(20)30)15-8-5-7-14(25)13-15/h3-5,7-10,13,18-20H,2,6,11-12H2,1H3/t18-,19-,20+,24+/m1/s1. The SMILES string of the molecule is CCN1C(=O)[C@]2(c3ccccc31)[C@@H]1C(=O)N(c3cccc(Cl)c3)C(=O)[C@@H]1[C@H]1CCCN12. The Morgan fingerprint density at radius 2 is 1.87 bits per heavy atom. The molecule has 4 heterocycles. The number of fused-ring (bicyclic) bond motifs is 7. The number of likely N-dealkylation sites (N-methyl/N-ethyl adjacent to an activating group) is 1. The van der Waals surface area contributed by atoms with Gasteiger partial charge in [0.25, 0.3) is 5.91 Å². The third-order valence-corrected chi connectivity index (χ3v) is 7.76. The van der Waals surface area contributed by atoms with Crippen LogP contribution in [0.25, 0.3) is 0 Å². The van der Waals surface area contributed by atoms with Gasteiger partial charge >= 0.3 is 0 Å². The Balaban J connectivity index is 1.58. The third kappa shape index (κ3) is 2.14. The molecule has 0 aromatic heterocycles. The van der Waals surface area contributed by atoms with Gasteiger partial charge in [-0.3, -0.25) is 19.3 Å². The van der Waals surface area contributed by atoms with Crippen LogP contribution in [0.2, 0.25) is 5.02 Å². The van der Waals surface area contributed by atoms with E-state index in [1.807, 2.05) is 31.2 Å². The van der Waals surface area contributed by atoms with Crippen LogP contribution < -0.4 is 9.80 Å². The van der Waals surface area contributed by atoms with Gasteiger partial charge in [-0.25, -0.2) is 4.90 Å². The average molecular weight is 436 g/mol. The van der Waals surface area contributed by atoms with E-state index in [9.17, 15) is 14.4 Å². The summed E-state index contributed by atoms with van der Waals surface area (Å²) < 4.78 is 0. The maximum absolute atomic E-state index is 14.0. The number of imide groups is 1. The van der Waals surface area contributed by atoms with Crippen molar-refractivity contribution in [1.82, 2.24) is 4.90 Å². The number of benzene rings is 2. The average Bonchev–Trinajstić information content (AvgIpc) is 3.45. The summed E-state index contributed by atoms with van der Waals surface area (Å²) in [5, 5.41) is 0.465. The highest BCUT2D eigenvalue weighted by molar-refractivity contribution is 6.31. The lowest BCUT2D eigenvalue weighted by molar-refractivity contribution is -0.137. The minimum Gasteiger partial charge on any atom is -0.310 e. The lowest BCUT2D eigenvalue weighted by Gasteiger charge is -2.37. The molecular formula is C24H22ClN3O3. The number of anilines is 2. The highest BCUT2D eigenvalue weighted by Crippen LogP contribution is 2.61. The fraction of sp³-hybridized carbons (Fsp3) is 0.375. The summed E-state index contributed by atoms with van der Waals surface area (Å²) in [6.07, 6.45) is 1.72. The van der Waals surface area contributed by atoms with E-state index < -0.39 is 17.4 Å². The van der Waals surface area contributed by atoms with Gasteiger partial charge in [0.05, 0.1) is 17.5 Å². The number of carbonyl (C=O) groups is 3. The zero-order chi connectivity index (χ0) is 21.5. The van der Waals surface area contributed by atoms with Crippen LogP contribution in [0, 0.1) is 11.8 Å². The van der Waals surface area contributed by atoms with Crippen molar-refractivity contribution in [3.05, 3.63) is 59.1 Å². The highest BCUT2D eigenvalue weighted by Gasteiger charge is 2.75. The first-order chi connectivity index (χ1) is 15.0. The van der Waals surface area contributed by atoms with Crippen molar-refractivity contribution in [1.29, 1.82) is 0 Å². The number of rotatable bonds is 2. The Hall–Kier alpha value is -2.70. The number of hydrogen-bond acceptors (Lipinski definition) is 4. The van der Waals surface area contributed by atoms with E-state index in [0.717, 1.165) is 24.1 Å². The molecule has 0 N–H and O–H groups in total. The molecule has 7 heteroatoms. The molecule has 3 saturated heterocycles. The Kier molecular flexibility index (Phi) is 3.93. The normalized spacial score (nSPS) is 31.7. The molecule has 0 saturated carbocycles. The molecule has 0 aliphatic carbocycles. The minimum atomic E-state index is -1.11. The predicted octanol–water partition coefficient (Wildman–Crippen LogP) is 3.19. The first-order valence-electron chi connectivity index (χ1n) is 10.8. The van der Waals surface area contributed by atoms with E-state index >= 15 is 0 Å². The van der Waals surface area contributed by atoms with E-state index in [2.05, 4.69) is 4.90 Å². The van der Waals surface area contributed by atoms with Gasteiger partial charge in [-0.05, 0) is 50.6 Å². The van der Waals surface area contributed by atoms with Crippen molar-refractivity contribution in [2.45, 2.75) is 31.3 Å². The highest BCUT2D eigenvalue weighted by atomic mass is 35.5. The molecule has 0 unspecified atom stereocenters. The predicted molar refractivity (Wildman–Crippen MR) is 117 cm³/mol. The van der Waals surface area contributed by atoms with Gasteiger partial charge in [0, 0.05) is 28.9 Å². The Labute approximate surface area is 185 Å². The van der Waals surface area contributed by atoms with Crippen LogP contribution in [0.3, 0.4) is 0 Å². The van der Waals surface area contributed by atoms with Gasteiger partial charge in [0.2, 0.25) is 11.8 Å². The zero-order valence-corrected chi connectivity index (χ0v) is 17.9. The summed E-state index contributed by atoms with van der Waals surface area (Å²) in [4.78, 5) is 46.8. The minimum absolute atomic E-state index is 0.0790. The van der Waals surface area contributed by atoms with Crippen LogP contribution in [0.15, 0.2) is 48.5 Å². The van der Waals surface area contributed by atoms with Crippen molar-refractivity contribution in [2.75, 3.05) is 22.9 Å². The summed E-state index contributed by atoms with van der Waals surface area (Å²) in [5.41, 5.74) is 1.07. The second kappa shape index (κ2) is 6.40. The van der Waals surface area contributed by atoms with Crippen LogP contribution >= 0.6 is 11.6 Å². The fourth-order valence-electron chi connectivity index (χ4n) is 6.52. The summed E-state index contributed by atoms with van der Waals surface area (Å²) >= 11 is 6.16. The van der Waals surface area contributed by atoms with E-state index in [1.54, 1.807) is 29.2 Å². The van der Waals surface area contributed by atoms with E-state index in [0.29, 0.717) is 23.8 Å². The molecule has 2 aromatic rings. The molecule has 3 fully saturated rings. The Morgan fingerprint density at radius 3 is 2.65 bits per heavy atom. The topological polar surface area (TPSA) is 60.9 Å². The van der Waals surface area contributed by atoms with E-state index in [4.69, 9.17) is 11.6 Å². The molecule has 4 aliphatic rings. The van der Waals surface area contributed by atoms with Crippen LogP contribution in [0.5, 0.6) is 0 Å². The number of hydrogen-bond donors (Lipinski definition) is 0. The molecule has 4 aliphatic heterocycles. The monoisotopic (exact) mass is 435 g/mol. The van der Waals surface area contributed by atoms with Crippen LogP contribution in [-0.2, 0) is 19.9 Å². The maximum atomic E-state index is 14.0. The van der Waals surface area contributed by atoms with Crippen LogP contribution in [0.1, 0.15) is 25.3 Å². The molecule has 31 heavy (non-hydrogen) atoms. The van der Waals surface area contributed by atoms with Crippen molar-refractivity contribution in [3.8, 4) is 0 Å². The zero-order valence-electron chi connectivity index (χ0n) is 17.1. The molecule has 3 amide bonds. The summed E-state index contributed by atoms with van der Waals surface area (Å²) in [6.45, 7) is 3.18. The summed E-state index contributed by atoms with van der Waals surface area (Å²) in [6, 6.07) is 14.4. The third-order valence-electron chi connectivity index (χ3n) is 7.53. The van der Waals surface area contributed by atoms with Gasteiger partial charge in [-0.15, -0.1) is 0 Å². The van der Waals surface area contributed by atoms with Gasteiger partial charge in [-0.2, -0.15) is 0 Å². The molecule has 0 radical (unpaired) electrons. The molecule has 0 bridgehead atoms. The van der Waals surface area contributed by atoms with Gasteiger partial charge in [-0.1, -0.05) is 35.9 Å². The molecule has 4 atom stereocenters.